The largest absolute Gasteiger partial charge is 0.351 e. The van der Waals surface area contributed by atoms with Crippen LogP contribution < -0.4 is 21.7 Å². The number of hydrogen-bond donors (Lipinski definition) is 4. The van der Waals surface area contributed by atoms with Crippen molar-refractivity contribution in [2.24, 2.45) is 5.73 Å². The Hall–Kier alpha value is -3.56. The lowest BCUT2D eigenvalue weighted by Gasteiger charge is -2.35. The second kappa shape index (κ2) is 9.29. The van der Waals surface area contributed by atoms with E-state index in [-0.39, 0.29) is 5.91 Å². The van der Waals surface area contributed by atoms with Crippen molar-refractivity contribution in [2.75, 3.05) is 25.0 Å². The van der Waals surface area contributed by atoms with Crippen molar-refractivity contribution >= 4 is 46.2 Å². The maximum Gasteiger partial charge on any atom is 0.323 e. The monoisotopic (exact) mass is 454 g/mol. The van der Waals surface area contributed by atoms with E-state index in [1.807, 2.05) is 12.1 Å². The van der Waals surface area contributed by atoms with E-state index in [9.17, 15) is 14.4 Å². The highest BCUT2D eigenvalue weighted by atomic mass is 35.5. The van der Waals surface area contributed by atoms with Crippen molar-refractivity contribution < 1.29 is 14.4 Å². The molecule has 166 valence electrons. The van der Waals surface area contributed by atoms with Crippen molar-refractivity contribution in [3.05, 3.63) is 65.3 Å². The van der Waals surface area contributed by atoms with Gasteiger partial charge < -0.3 is 26.6 Å². The number of rotatable bonds is 4. The fraction of sp³-hybridized carbons (Fsp3) is 0.227. The predicted octanol–water partition coefficient (Wildman–Crippen LogP) is 2.34. The number of piperazine rings is 1. The van der Waals surface area contributed by atoms with Gasteiger partial charge in [0.1, 0.15) is 6.04 Å². The van der Waals surface area contributed by atoms with Gasteiger partial charge in [-0.3, -0.25) is 9.36 Å². The predicted molar refractivity (Wildman–Crippen MR) is 123 cm³/mol. The second-order valence-corrected chi connectivity index (χ2v) is 7.90. The SMILES string of the molecule is NC(=O)n1cc(NC(=O)N2CCNC[C@H]2C(=O)NCc2cccc(Cl)c2)c2ccccc21. The lowest BCUT2D eigenvalue weighted by Crippen LogP contribution is -2.60. The molecule has 2 heterocycles. The van der Waals surface area contributed by atoms with Gasteiger partial charge in [0.2, 0.25) is 5.91 Å². The number of benzene rings is 2. The highest BCUT2D eigenvalue weighted by Crippen LogP contribution is 2.26. The number of anilines is 1. The van der Waals surface area contributed by atoms with E-state index in [0.29, 0.717) is 47.8 Å². The highest BCUT2D eigenvalue weighted by Gasteiger charge is 2.32. The summed E-state index contributed by atoms with van der Waals surface area (Å²) in [6.45, 7) is 1.55. The number of nitrogens with two attached hydrogens (primary N) is 1. The molecule has 1 aromatic heterocycles. The molecule has 1 aliphatic heterocycles. The normalized spacial score (nSPS) is 16.0. The molecule has 32 heavy (non-hydrogen) atoms. The Morgan fingerprint density at radius 2 is 1.97 bits per heavy atom. The molecule has 0 radical (unpaired) electrons. The molecule has 1 aliphatic rings. The van der Waals surface area contributed by atoms with Crippen LogP contribution in [0.3, 0.4) is 0 Å². The van der Waals surface area contributed by atoms with Gasteiger partial charge in [0, 0.05) is 42.8 Å². The number of fused-ring (bicyclic) bond motifs is 1. The number of amides is 4. The zero-order chi connectivity index (χ0) is 22.7. The summed E-state index contributed by atoms with van der Waals surface area (Å²) in [5.74, 6) is -0.271. The van der Waals surface area contributed by atoms with Gasteiger partial charge in [-0.25, -0.2) is 9.59 Å². The molecular formula is C22H23ClN6O3. The Bertz CT molecular complexity index is 1180. The van der Waals surface area contributed by atoms with Crippen LogP contribution in [0.2, 0.25) is 5.02 Å². The molecule has 2 aromatic carbocycles. The van der Waals surface area contributed by atoms with E-state index < -0.39 is 18.1 Å². The minimum absolute atomic E-state index is 0.271. The fourth-order valence-corrected chi connectivity index (χ4v) is 4.00. The number of carbonyl (C=O) groups excluding carboxylic acids is 3. The summed E-state index contributed by atoms with van der Waals surface area (Å²) >= 11 is 6.00. The molecule has 4 amide bonds. The molecule has 10 heteroatoms. The number of urea groups is 1. The van der Waals surface area contributed by atoms with E-state index in [1.54, 1.807) is 36.4 Å². The van der Waals surface area contributed by atoms with E-state index in [0.717, 1.165) is 5.56 Å². The Labute approximate surface area is 189 Å². The van der Waals surface area contributed by atoms with E-state index in [2.05, 4.69) is 16.0 Å². The standard InChI is InChI=1S/C22H23ClN6O3/c23-15-5-3-4-14(10-15)11-26-20(30)19-12-25-8-9-28(19)22(32)27-17-13-29(21(24)31)18-7-2-1-6-16(17)18/h1-7,10,13,19,25H,8-9,11-12H2,(H2,24,31)(H,26,30)(H,27,32)/t19-/m0/s1. The van der Waals surface area contributed by atoms with E-state index in [1.165, 1.54) is 15.7 Å². The number of aromatic nitrogens is 1. The van der Waals surface area contributed by atoms with Crippen LogP contribution in [0.15, 0.2) is 54.7 Å². The lowest BCUT2D eigenvalue weighted by molar-refractivity contribution is -0.126. The summed E-state index contributed by atoms with van der Waals surface area (Å²) in [6.07, 6.45) is 1.49. The molecule has 0 bridgehead atoms. The van der Waals surface area contributed by atoms with Gasteiger partial charge in [0.25, 0.3) is 0 Å². The summed E-state index contributed by atoms with van der Waals surface area (Å²) in [4.78, 5) is 39.2. The third-order valence-corrected chi connectivity index (χ3v) is 5.59. The average Bonchev–Trinajstić information content (AvgIpc) is 3.16. The number of halogens is 1. The average molecular weight is 455 g/mol. The van der Waals surface area contributed by atoms with Crippen LogP contribution in [0.5, 0.6) is 0 Å². The molecule has 0 aliphatic carbocycles. The summed E-state index contributed by atoms with van der Waals surface area (Å²) in [5, 5.41) is 10.1. The van der Waals surface area contributed by atoms with Crippen molar-refractivity contribution in [1.82, 2.24) is 20.1 Å². The third-order valence-electron chi connectivity index (χ3n) is 5.35. The first-order valence-electron chi connectivity index (χ1n) is 10.1. The van der Waals surface area contributed by atoms with Crippen molar-refractivity contribution in [3.63, 3.8) is 0 Å². The Morgan fingerprint density at radius 3 is 2.75 bits per heavy atom. The van der Waals surface area contributed by atoms with Crippen molar-refractivity contribution in [2.45, 2.75) is 12.6 Å². The molecular weight excluding hydrogens is 432 g/mol. The molecule has 9 nitrogen and oxygen atoms in total. The molecule has 5 N–H and O–H groups in total. The number of carbonyl (C=O) groups is 3. The number of para-hydroxylation sites is 1. The van der Waals surface area contributed by atoms with Gasteiger partial charge >= 0.3 is 12.1 Å². The summed E-state index contributed by atoms with van der Waals surface area (Å²) in [5.41, 5.74) is 7.35. The summed E-state index contributed by atoms with van der Waals surface area (Å²) in [6, 6.07) is 12.6. The first kappa shape index (κ1) is 21.7. The van der Waals surface area contributed by atoms with Crippen LogP contribution >= 0.6 is 11.6 Å². The molecule has 1 atom stereocenters. The van der Waals surface area contributed by atoms with Crippen LogP contribution in [-0.4, -0.2) is 53.1 Å². The quantitative estimate of drug-likeness (QED) is 0.483. The number of nitrogens with zero attached hydrogens (tertiary/aromatic N) is 2. The maximum absolute atomic E-state index is 13.1. The molecule has 1 fully saturated rings. The van der Waals surface area contributed by atoms with Gasteiger partial charge in [-0.1, -0.05) is 41.9 Å². The number of hydrogen-bond acceptors (Lipinski definition) is 4. The van der Waals surface area contributed by atoms with Crippen LogP contribution in [0, 0.1) is 0 Å². The zero-order valence-electron chi connectivity index (χ0n) is 17.2. The Kier molecular flexibility index (Phi) is 6.29. The van der Waals surface area contributed by atoms with Crippen molar-refractivity contribution in [3.8, 4) is 0 Å². The Balaban J connectivity index is 1.49. The van der Waals surface area contributed by atoms with Crippen LogP contribution in [0.25, 0.3) is 10.9 Å². The zero-order valence-corrected chi connectivity index (χ0v) is 17.9. The minimum atomic E-state index is -0.688. The highest BCUT2D eigenvalue weighted by molar-refractivity contribution is 6.30. The van der Waals surface area contributed by atoms with E-state index >= 15 is 0 Å². The smallest absolute Gasteiger partial charge is 0.323 e. The summed E-state index contributed by atoms with van der Waals surface area (Å²) < 4.78 is 1.28. The number of primary amides is 1. The molecule has 0 spiro atoms. The first-order valence-corrected chi connectivity index (χ1v) is 10.5. The summed E-state index contributed by atoms with van der Waals surface area (Å²) in [7, 11) is 0. The number of nitrogens with one attached hydrogen (secondary N) is 3. The fourth-order valence-electron chi connectivity index (χ4n) is 3.78. The third kappa shape index (κ3) is 4.53. The molecule has 4 rings (SSSR count). The van der Waals surface area contributed by atoms with E-state index in [4.69, 9.17) is 17.3 Å². The van der Waals surface area contributed by atoms with Gasteiger partial charge in [-0.05, 0) is 23.8 Å². The van der Waals surface area contributed by atoms with Gasteiger partial charge in [-0.15, -0.1) is 0 Å². The topological polar surface area (TPSA) is 121 Å². The second-order valence-electron chi connectivity index (χ2n) is 7.46. The van der Waals surface area contributed by atoms with Crippen molar-refractivity contribution in [1.29, 1.82) is 0 Å². The minimum Gasteiger partial charge on any atom is -0.351 e. The Morgan fingerprint density at radius 1 is 1.16 bits per heavy atom. The lowest BCUT2D eigenvalue weighted by atomic mass is 10.1. The van der Waals surface area contributed by atoms with Crippen LogP contribution in [0.4, 0.5) is 15.3 Å². The maximum atomic E-state index is 13.1. The van der Waals surface area contributed by atoms with Gasteiger partial charge in [0.15, 0.2) is 0 Å². The van der Waals surface area contributed by atoms with Crippen LogP contribution in [-0.2, 0) is 11.3 Å². The first-order chi connectivity index (χ1) is 15.4. The van der Waals surface area contributed by atoms with Gasteiger partial charge in [0.05, 0.1) is 11.2 Å². The van der Waals surface area contributed by atoms with Gasteiger partial charge in [-0.2, -0.15) is 0 Å². The molecule has 3 aromatic rings. The molecule has 0 saturated carbocycles. The molecule has 1 saturated heterocycles. The van der Waals surface area contributed by atoms with Crippen LogP contribution in [0.1, 0.15) is 5.56 Å². The molecule has 0 unspecified atom stereocenters.